The molecule has 3 atom stereocenters. The molecular weight excluding hydrogens is 198 g/mol. The summed E-state index contributed by atoms with van der Waals surface area (Å²) in [5.41, 5.74) is -1.19. The van der Waals surface area contributed by atoms with Crippen LogP contribution in [0, 0.1) is 0 Å². The van der Waals surface area contributed by atoms with Gasteiger partial charge < -0.3 is 15.2 Å². The molecule has 1 saturated heterocycles. The highest BCUT2D eigenvalue weighted by Crippen LogP contribution is 2.35. The van der Waals surface area contributed by atoms with Crippen LogP contribution in [0.25, 0.3) is 0 Å². The lowest BCUT2D eigenvalue weighted by Crippen LogP contribution is -2.57. The Balaban J connectivity index is 2.22. The minimum absolute atomic E-state index is 0.0327. The molecule has 1 aliphatic heterocycles. The summed E-state index contributed by atoms with van der Waals surface area (Å²) in [7, 11) is 0. The first kappa shape index (κ1) is 10.6. The summed E-state index contributed by atoms with van der Waals surface area (Å²) in [5, 5.41) is 13.0. The predicted octanol–water partition coefficient (Wildman–Crippen LogP) is -0.626. The number of aliphatic hydroxyl groups is 1. The second kappa shape index (κ2) is 3.57. The maximum absolute atomic E-state index is 11.4. The number of hydrogen-bond acceptors (Lipinski definition) is 4. The number of hydrogen-bond donors (Lipinski definition) is 2. The monoisotopic (exact) mass is 213 g/mol. The zero-order chi connectivity index (χ0) is 11.1. The number of carbonyl (C=O) groups is 2. The molecule has 0 aromatic carbocycles. The van der Waals surface area contributed by atoms with E-state index in [-0.39, 0.29) is 31.0 Å². The van der Waals surface area contributed by atoms with Crippen molar-refractivity contribution in [3.05, 3.63) is 0 Å². The average Bonchev–Trinajstić information content (AvgIpc) is 2.42. The Bertz CT molecular complexity index is 304. The molecule has 2 aliphatic rings. The zero-order valence-corrected chi connectivity index (χ0v) is 8.66. The molecule has 2 fully saturated rings. The molecule has 15 heavy (non-hydrogen) atoms. The van der Waals surface area contributed by atoms with Crippen LogP contribution in [0.3, 0.4) is 0 Å². The first-order chi connectivity index (χ1) is 7.06. The van der Waals surface area contributed by atoms with E-state index in [0.717, 1.165) is 0 Å². The van der Waals surface area contributed by atoms with Crippen molar-refractivity contribution in [3.63, 3.8) is 0 Å². The van der Waals surface area contributed by atoms with Crippen molar-refractivity contribution >= 4 is 11.7 Å². The summed E-state index contributed by atoms with van der Waals surface area (Å²) in [4.78, 5) is 22.6. The summed E-state index contributed by atoms with van der Waals surface area (Å²) in [6.45, 7) is 2.24. The molecule has 0 aromatic rings. The number of rotatable bonds is 2. The number of Topliss-reactive ketones (excluding diaryl/α,β-unsaturated/α-hetero) is 1. The minimum Gasteiger partial charge on any atom is -0.384 e. The maximum atomic E-state index is 11.4. The van der Waals surface area contributed by atoms with Gasteiger partial charge in [-0.05, 0) is 6.92 Å². The first-order valence-electron chi connectivity index (χ1n) is 5.21. The number of fused-ring (bicyclic) bond motifs is 1. The smallest absolute Gasteiger partial charge is 0.223 e. The quantitative estimate of drug-likeness (QED) is 0.640. The third-order valence-electron chi connectivity index (χ3n) is 3.15. The van der Waals surface area contributed by atoms with Crippen molar-refractivity contribution in [1.29, 1.82) is 0 Å². The van der Waals surface area contributed by atoms with Crippen molar-refractivity contribution in [2.24, 2.45) is 0 Å². The molecule has 5 heteroatoms. The fraction of sp³-hybridized carbons (Fsp3) is 0.800. The summed E-state index contributed by atoms with van der Waals surface area (Å²) >= 11 is 0. The van der Waals surface area contributed by atoms with Crippen molar-refractivity contribution in [3.8, 4) is 0 Å². The van der Waals surface area contributed by atoms with E-state index in [1.54, 1.807) is 0 Å². The number of ether oxygens (including phenoxy) is 1. The van der Waals surface area contributed by atoms with Gasteiger partial charge in [-0.3, -0.25) is 9.59 Å². The van der Waals surface area contributed by atoms with Crippen LogP contribution in [0.15, 0.2) is 0 Å². The molecule has 3 unspecified atom stereocenters. The summed E-state index contributed by atoms with van der Waals surface area (Å²) in [6, 6.07) is -0.470. The van der Waals surface area contributed by atoms with Gasteiger partial charge in [-0.2, -0.15) is 0 Å². The number of nitrogens with one attached hydrogen (secondary N) is 1. The molecule has 0 spiro atoms. The van der Waals surface area contributed by atoms with Crippen LogP contribution in [0.1, 0.15) is 26.2 Å². The van der Waals surface area contributed by atoms with Crippen LogP contribution in [0.2, 0.25) is 0 Å². The van der Waals surface area contributed by atoms with E-state index in [4.69, 9.17) is 4.74 Å². The molecule has 84 valence electrons. The van der Waals surface area contributed by atoms with Crippen LogP contribution in [0.5, 0.6) is 0 Å². The zero-order valence-electron chi connectivity index (χ0n) is 8.66. The summed E-state index contributed by atoms with van der Waals surface area (Å²) < 4.78 is 5.36. The van der Waals surface area contributed by atoms with Gasteiger partial charge in [0.2, 0.25) is 5.91 Å². The topological polar surface area (TPSA) is 75.6 Å². The first-order valence-corrected chi connectivity index (χ1v) is 5.21. The molecule has 1 heterocycles. The van der Waals surface area contributed by atoms with Crippen molar-refractivity contribution in [1.82, 2.24) is 5.32 Å². The lowest BCUT2D eigenvalue weighted by atomic mass is 9.78. The van der Waals surface area contributed by atoms with Crippen molar-refractivity contribution in [2.75, 3.05) is 6.61 Å². The third-order valence-corrected chi connectivity index (χ3v) is 3.15. The van der Waals surface area contributed by atoms with Gasteiger partial charge in [0.25, 0.3) is 0 Å². The number of amides is 1. The highest BCUT2D eigenvalue weighted by atomic mass is 16.5. The lowest BCUT2D eigenvalue weighted by molar-refractivity contribution is -0.152. The van der Waals surface area contributed by atoms with Gasteiger partial charge in [-0.15, -0.1) is 0 Å². The van der Waals surface area contributed by atoms with E-state index in [1.807, 2.05) is 6.92 Å². The van der Waals surface area contributed by atoms with E-state index >= 15 is 0 Å². The highest BCUT2D eigenvalue weighted by molar-refractivity contribution is 5.87. The standard InChI is InChI=1S/C10H15NO4/c1-2-15-8-4-6(12)3-7-10(8,14)5-9(13)11-7/h7-8,14H,2-5H2,1H3,(H,11,13). The summed E-state index contributed by atoms with van der Waals surface area (Å²) in [5.74, 6) is -0.174. The molecule has 5 nitrogen and oxygen atoms in total. The van der Waals surface area contributed by atoms with Crippen LogP contribution in [-0.4, -0.2) is 41.2 Å². The molecule has 1 saturated carbocycles. The maximum Gasteiger partial charge on any atom is 0.223 e. The largest absolute Gasteiger partial charge is 0.384 e. The van der Waals surface area contributed by atoms with E-state index in [0.29, 0.717) is 6.61 Å². The van der Waals surface area contributed by atoms with Gasteiger partial charge in [-0.25, -0.2) is 0 Å². The predicted molar refractivity (Wildman–Crippen MR) is 51.2 cm³/mol. The molecule has 0 radical (unpaired) electrons. The highest BCUT2D eigenvalue weighted by Gasteiger charge is 2.55. The summed E-state index contributed by atoms with van der Waals surface area (Å²) in [6.07, 6.45) is -0.0928. The Morgan fingerprint density at radius 2 is 2.27 bits per heavy atom. The fourth-order valence-corrected chi connectivity index (χ4v) is 2.42. The Hall–Kier alpha value is -0.940. The van der Waals surface area contributed by atoms with Gasteiger partial charge in [-0.1, -0.05) is 0 Å². The molecule has 2 rings (SSSR count). The normalized spacial score (nSPS) is 40.1. The number of ketones is 1. The van der Waals surface area contributed by atoms with Gasteiger partial charge in [0.1, 0.15) is 11.4 Å². The second-order valence-corrected chi connectivity index (χ2v) is 4.18. The van der Waals surface area contributed by atoms with Crippen LogP contribution in [0.4, 0.5) is 0 Å². The van der Waals surface area contributed by atoms with E-state index in [1.165, 1.54) is 0 Å². The molecule has 1 aliphatic carbocycles. The van der Waals surface area contributed by atoms with Crippen LogP contribution in [-0.2, 0) is 14.3 Å². The third kappa shape index (κ3) is 1.66. The second-order valence-electron chi connectivity index (χ2n) is 4.18. The Morgan fingerprint density at radius 1 is 1.53 bits per heavy atom. The van der Waals surface area contributed by atoms with Crippen molar-refractivity contribution < 1.29 is 19.4 Å². The van der Waals surface area contributed by atoms with Gasteiger partial charge in [0.05, 0.1) is 18.6 Å². The molecule has 2 N–H and O–H groups in total. The molecule has 0 bridgehead atoms. The van der Waals surface area contributed by atoms with E-state index in [9.17, 15) is 14.7 Å². The Labute approximate surface area is 87.8 Å². The number of carbonyl (C=O) groups excluding carboxylic acids is 2. The molecule has 0 aromatic heterocycles. The average molecular weight is 213 g/mol. The Morgan fingerprint density at radius 3 is 2.93 bits per heavy atom. The van der Waals surface area contributed by atoms with Crippen LogP contribution < -0.4 is 5.32 Å². The van der Waals surface area contributed by atoms with Gasteiger partial charge in [0, 0.05) is 19.4 Å². The van der Waals surface area contributed by atoms with Crippen molar-refractivity contribution in [2.45, 2.75) is 43.9 Å². The van der Waals surface area contributed by atoms with Crippen LogP contribution >= 0.6 is 0 Å². The fourth-order valence-electron chi connectivity index (χ4n) is 2.42. The van der Waals surface area contributed by atoms with E-state index in [2.05, 4.69) is 5.32 Å². The SMILES string of the molecule is CCOC1CC(=O)CC2NC(=O)CC21O. The Kier molecular flexibility index (Phi) is 2.52. The lowest BCUT2D eigenvalue weighted by Gasteiger charge is -2.39. The van der Waals surface area contributed by atoms with Gasteiger partial charge >= 0.3 is 0 Å². The van der Waals surface area contributed by atoms with Gasteiger partial charge in [0.15, 0.2) is 0 Å². The molecular formula is C10H15NO4. The van der Waals surface area contributed by atoms with E-state index < -0.39 is 17.7 Å². The molecule has 1 amide bonds. The minimum atomic E-state index is -1.19.